The fourth-order valence-electron chi connectivity index (χ4n) is 3.44. The van der Waals surface area contributed by atoms with E-state index in [9.17, 15) is 4.79 Å². The molecule has 0 radical (unpaired) electrons. The lowest BCUT2D eigenvalue weighted by Crippen LogP contribution is -2.35. The van der Waals surface area contributed by atoms with E-state index in [0.717, 1.165) is 18.7 Å². The Bertz CT molecular complexity index is 783. The van der Waals surface area contributed by atoms with E-state index in [1.54, 1.807) is 30.6 Å². The minimum atomic E-state index is -0.0884. The third kappa shape index (κ3) is 5.36. The number of thiophene rings is 1. The molecule has 2 aromatic rings. The Morgan fingerprint density at radius 3 is 2.79 bits per heavy atom. The number of amides is 1. The van der Waals surface area contributed by atoms with Gasteiger partial charge >= 0.3 is 0 Å². The van der Waals surface area contributed by atoms with E-state index in [1.165, 1.54) is 17.7 Å². The van der Waals surface area contributed by atoms with Crippen molar-refractivity contribution in [3.63, 3.8) is 0 Å². The van der Waals surface area contributed by atoms with Crippen molar-refractivity contribution in [2.75, 3.05) is 33.4 Å². The number of carbonyl (C=O) groups is 1. The van der Waals surface area contributed by atoms with Crippen molar-refractivity contribution >= 4 is 23.3 Å². The fraction of sp³-hybridized carbons (Fsp3) is 0.409. The van der Waals surface area contributed by atoms with Crippen LogP contribution in [-0.2, 0) is 4.79 Å². The van der Waals surface area contributed by atoms with Crippen molar-refractivity contribution in [3.8, 4) is 11.5 Å². The van der Waals surface area contributed by atoms with Crippen LogP contribution in [0.4, 0.5) is 0 Å². The lowest BCUT2D eigenvalue weighted by atomic mass is 10.2. The summed E-state index contributed by atoms with van der Waals surface area (Å²) in [5.41, 5.74) is 0.897. The predicted octanol–water partition coefficient (Wildman–Crippen LogP) is 4.12. The number of benzene rings is 1. The molecular weight excluding hydrogens is 372 g/mol. The Morgan fingerprint density at radius 1 is 1.29 bits per heavy atom. The van der Waals surface area contributed by atoms with Crippen molar-refractivity contribution < 1.29 is 14.3 Å². The first-order valence-corrected chi connectivity index (χ1v) is 10.6. The molecule has 2 heterocycles. The lowest BCUT2D eigenvalue weighted by Gasteiger charge is -2.26. The second-order valence-electron chi connectivity index (χ2n) is 6.70. The van der Waals surface area contributed by atoms with Gasteiger partial charge in [-0.05, 0) is 68.1 Å². The Kier molecular flexibility index (Phi) is 7.51. The first kappa shape index (κ1) is 20.4. The van der Waals surface area contributed by atoms with Gasteiger partial charge in [0.25, 0.3) is 0 Å². The molecule has 0 spiro atoms. The summed E-state index contributed by atoms with van der Waals surface area (Å²) >= 11 is 1.75. The number of nitrogens with zero attached hydrogens (tertiary/aromatic N) is 1. The number of hydrogen-bond acceptors (Lipinski definition) is 5. The number of hydrogen-bond donors (Lipinski definition) is 1. The Hall–Kier alpha value is -2.31. The van der Waals surface area contributed by atoms with Crippen molar-refractivity contribution in [1.29, 1.82) is 0 Å². The molecule has 1 N–H and O–H groups in total. The quantitative estimate of drug-likeness (QED) is 0.643. The number of likely N-dealkylation sites (tertiary alicyclic amines) is 1. The molecule has 1 fully saturated rings. The summed E-state index contributed by atoms with van der Waals surface area (Å²) in [6.07, 6.45) is 5.84. The minimum Gasteiger partial charge on any atom is -0.493 e. The summed E-state index contributed by atoms with van der Waals surface area (Å²) in [5.74, 6) is 1.28. The first-order chi connectivity index (χ1) is 13.7. The molecule has 1 aliphatic rings. The topological polar surface area (TPSA) is 50.8 Å². The van der Waals surface area contributed by atoms with Gasteiger partial charge in [0.1, 0.15) is 0 Å². The standard InChI is InChI=1S/C22H28N2O3S/c1-3-27-20-15-17(8-10-19(20)26-2)9-11-22(25)23-16-18(21-7-6-14-28-21)24-12-4-5-13-24/h6-11,14-15,18H,3-5,12-13,16H2,1-2H3,(H,23,25)/b11-9+. The maximum absolute atomic E-state index is 12.4. The molecule has 1 aliphatic heterocycles. The molecule has 28 heavy (non-hydrogen) atoms. The molecule has 1 amide bonds. The average molecular weight is 401 g/mol. The second kappa shape index (κ2) is 10.3. The number of nitrogens with one attached hydrogen (secondary N) is 1. The van der Waals surface area contributed by atoms with Crippen LogP contribution >= 0.6 is 11.3 Å². The van der Waals surface area contributed by atoms with E-state index >= 15 is 0 Å². The third-order valence-corrected chi connectivity index (χ3v) is 5.81. The van der Waals surface area contributed by atoms with Gasteiger partial charge in [0.2, 0.25) is 5.91 Å². The van der Waals surface area contributed by atoms with Gasteiger partial charge in [-0.15, -0.1) is 11.3 Å². The highest BCUT2D eigenvalue weighted by Crippen LogP contribution is 2.29. The molecule has 0 saturated carbocycles. The zero-order valence-electron chi connectivity index (χ0n) is 16.5. The molecule has 5 nitrogen and oxygen atoms in total. The number of carbonyl (C=O) groups excluding carboxylic acids is 1. The molecule has 1 aromatic carbocycles. The van der Waals surface area contributed by atoms with E-state index in [-0.39, 0.29) is 11.9 Å². The van der Waals surface area contributed by atoms with Gasteiger partial charge in [-0.2, -0.15) is 0 Å². The van der Waals surface area contributed by atoms with Crippen LogP contribution in [0.3, 0.4) is 0 Å². The van der Waals surface area contributed by atoms with E-state index in [0.29, 0.717) is 24.7 Å². The first-order valence-electron chi connectivity index (χ1n) is 9.75. The smallest absolute Gasteiger partial charge is 0.244 e. The van der Waals surface area contributed by atoms with E-state index in [1.807, 2.05) is 25.1 Å². The molecule has 0 bridgehead atoms. The van der Waals surface area contributed by atoms with Gasteiger partial charge in [-0.1, -0.05) is 12.1 Å². The Morgan fingerprint density at radius 2 is 2.11 bits per heavy atom. The van der Waals surface area contributed by atoms with Crippen molar-refractivity contribution in [3.05, 3.63) is 52.2 Å². The minimum absolute atomic E-state index is 0.0884. The van der Waals surface area contributed by atoms with Gasteiger partial charge < -0.3 is 14.8 Å². The van der Waals surface area contributed by atoms with Crippen LogP contribution in [0.5, 0.6) is 11.5 Å². The number of ether oxygens (including phenoxy) is 2. The lowest BCUT2D eigenvalue weighted by molar-refractivity contribution is -0.116. The van der Waals surface area contributed by atoms with E-state index in [2.05, 4.69) is 27.7 Å². The molecule has 1 atom stereocenters. The zero-order valence-corrected chi connectivity index (χ0v) is 17.3. The summed E-state index contributed by atoms with van der Waals surface area (Å²) in [4.78, 5) is 16.1. The van der Waals surface area contributed by atoms with Gasteiger partial charge in [0.05, 0.1) is 19.8 Å². The van der Waals surface area contributed by atoms with Gasteiger partial charge in [-0.3, -0.25) is 9.69 Å². The van der Waals surface area contributed by atoms with Crippen LogP contribution in [0, 0.1) is 0 Å². The predicted molar refractivity (Wildman–Crippen MR) is 114 cm³/mol. The van der Waals surface area contributed by atoms with Crippen LogP contribution in [-0.4, -0.2) is 44.2 Å². The molecule has 3 rings (SSSR count). The van der Waals surface area contributed by atoms with Crippen molar-refractivity contribution in [1.82, 2.24) is 10.2 Å². The van der Waals surface area contributed by atoms with Gasteiger partial charge in [-0.25, -0.2) is 0 Å². The fourth-order valence-corrected chi connectivity index (χ4v) is 4.30. The Labute approximate surface area is 171 Å². The highest BCUT2D eigenvalue weighted by atomic mass is 32.1. The Balaban J connectivity index is 1.60. The molecule has 1 saturated heterocycles. The monoisotopic (exact) mass is 400 g/mol. The van der Waals surface area contributed by atoms with Gasteiger partial charge in [0, 0.05) is 17.5 Å². The SMILES string of the molecule is CCOc1cc(/C=C/C(=O)NCC(c2cccs2)N2CCCC2)ccc1OC. The van der Waals surface area contributed by atoms with Crippen LogP contribution in [0.15, 0.2) is 41.8 Å². The maximum atomic E-state index is 12.4. The summed E-state index contributed by atoms with van der Waals surface area (Å²) in [5, 5.41) is 5.16. The second-order valence-corrected chi connectivity index (χ2v) is 7.68. The highest BCUT2D eigenvalue weighted by molar-refractivity contribution is 7.10. The van der Waals surface area contributed by atoms with Crippen molar-refractivity contribution in [2.45, 2.75) is 25.8 Å². The van der Waals surface area contributed by atoms with Crippen molar-refractivity contribution in [2.24, 2.45) is 0 Å². The number of rotatable bonds is 9. The molecule has 1 aromatic heterocycles. The van der Waals surface area contributed by atoms with Gasteiger partial charge in [0.15, 0.2) is 11.5 Å². The summed E-state index contributed by atoms with van der Waals surface area (Å²) in [6.45, 7) is 5.31. The maximum Gasteiger partial charge on any atom is 0.244 e. The highest BCUT2D eigenvalue weighted by Gasteiger charge is 2.24. The molecule has 6 heteroatoms. The molecule has 1 unspecified atom stereocenters. The van der Waals surface area contributed by atoms with Crippen LogP contribution in [0.1, 0.15) is 36.2 Å². The normalized spacial score (nSPS) is 15.6. The number of methoxy groups -OCH3 is 1. The van der Waals surface area contributed by atoms with Crippen LogP contribution < -0.4 is 14.8 Å². The summed E-state index contributed by atoms with van der Waals surface area (Å²) in [7, 11) is 1.62. The van der Waals surface area contributed by atoms with Crippen LogP contribution in [0.25, 0.3) is 6.08 Å². The molecule has 150 valence electrons. The van der Waals surface area contributed by atoms with E-state index in [4.69, 9.17) is 9.47 Å². The third-order valence-electron chi connectivity index (χ3n) is 4.84. The summed E-state index contributed by atoms with van der Waals surface area (Å²) < 4.78 is 10.9. The largest absolute Gasteiger partial charge is 0.493 e. The average Bonchev–Trinajstić information content (AvgIpc) is 3.42. The summed E-state index contributed by atoms with van der Waals surface area (Å²) in [6, 6.07) is 10.1. The molecule has 0 aliphatic carbocycles. The molecular formula is C22H28N2O3S. The van der Waals surface area contributed by atoms with E-state index < -0.39 is 0 Å². The zero-order chi connectivity index (χ0) is 19.8. The van der Waals surface area contributed by atoms with Crippen LogP contribution in [0.2, 0.25) is 0 Å².